The minimum Gasteiger partial charge on any atom is -1.00 e. The fraction of sp³-hybridized carbons (Fsp3) is 0.300. The lowest BCUT2D eigenvalue weighted by Crippen LogP contribution is -3.00. The van der Waals surface area contributed by atoms with Crippen LogP contribution in [0.25, 0.3) is 10.8 Å². The van der Waals surface area contributed by atoms with Crippen LogP contribution in [0.4, 0.5) is 0 Å². The van der Waals surface area contributed by atoms with E-state index in [0.29, 0.717) is 0 Å². The van der Waals surface area contributed by atoms with Gasteiger partial charge >= 0.3 is 0 Å². The molecule has 1 aliphatic heterocycles. The van der Waals surface area contributed by atoms with Gasteiger partial charge in [0.2, 0.25) is 0 Å². The van der Waals surface area contributed by atoms with E-state index in [0.717, 1.165) is 49.4 Å². The fourth-order valence-corrected chi connectivity index (χ4v) is 3.05. The van der Waals surface area contributed by atoms with Crippen molar-refractivity contribution in [3.8, 4) is 11.8 Å². The zero-order chi connectivity index (χ0) is 15.3. The van der Waals surface area contributed by atoms with Crippen LogP contribution in [0.1, 0.15) is 5.56 Å². The SMILES string of the molecule is C=CC[N+]1(CC#Cc2cccc3ccccc23)CCOCC1.[Br-]. The first-order valence-electron chi connectivity index (χ1n) is 7.83. The number of hydrogen-bond donors (Lipinski definition) is 0. The van der Waals surface area contributed by atoms with Gasteiger partial charge in [-0.15, -0.1) is 0 Å². The Bertz CT molecular complexity index is 718. The summed E-state index contributed by atoms with van der Waals surface area (Å²) in [6, 6.07) is 14.7. The molecular formula is C20H22BrNO. The van der Waals surface area contributed by atoms with Gasteiger partial charge in [-0.2, -0.15) is 0 Å². The second kappa shape index (κ2) is 8.31. The maximum Gasteiger partial charge on any atom is 0.141 e. The minimum absolute atomic E-state index is 0. The van der Waals surface area contributed by atoms with E-state index in [1.54, 1.807) is 0 Å². The summed E-state index contributed by atoms with van der Waals surface area (Å²) in [5, 5.41) is 2.48. The molecule has 2 nitrogen and oxygen atoms in total. The summed E-state index contributed by atoms with van der Waals surface area (Å²) in [5.41, 5.74) is 1.11. The van der Waals surface area contributed by atoms with Gasteiger partial charge in [-0.25, -0.2) is 0 Å². The van der Waals surface area contributed by atoms with Gasteiger partial charge in [0.25, 0.3) is 0 Å². The van der Waals surface area contributed by atoms with Gasteiger partial charge in [0.1, 0.15) is 19.6 Å². The number of benzene rings is 2. The molecule has 0 atom stereocenters. The molecule has 1 aliphatic rings. The van der Waals surface area contributed by atoms with E-state index < -0.39 is 0 Å². The van der Waals surface area contributed by atoms with Crippen molar-refractivity contribution in [3.63, 3.8) is 0 Å². The third kappa shape index (κ3) is 4.23. The van der Waals surface area contributed by atoms with Crippen molar-refractivity contribution in [3.05, 3.63) is 60.7 Å². The molecule has 0 unspecified atom stereocenters. The highest BCUT2D eigenvalue weighted by molar-refractivity contribution is 5.88. The van der Waals surface area contributed by atoms with Crippen LogP contribution in [0.2, 0.25) is 0 Å². The molecule has 3 heteroatoms. The van der Waals surface area contributed by atoms with E-state index in [4.69, 9.17) is 4.74 Å². The van der Waals surface area contributed by atoms with Gasteiger partial charge in [-0.3, -0.25) is 0 Å². The number of hydrogen-bond acceptors (Lipinski definition) is 1. The molecule has 0 aliphatic carbocycles. The van der Waals surface area contributed by atoms with Gasteiger partial charge < -0.3 is 26.2 Å². The standard InChI is InChI=1S/C20H22NO.BrH/c1-2-12-21(14-16-22-17-15-21)13-6-10-19-9-5-8-18-7-3-4-11-20(18)19;/h2-5,7-9,11H,1,12-17H2;1H/q+1;/p-1. The minimum atomic E-state index is 0. The molecule has 2 aromatic rings. The largest absolute Gasteiger partial charge is 1.00 e. The molecule has 1 saturated heterocycles. The Balaban J connectivity index is 0.00000192. The van der Waals surface area contributed by atoms with Crippen LogP contribution < -0.4 is 17.0 Å². The molecule has 0 N–H and O–H groups in total. The van der Waals surface area contributed by atoms with Crippen molar-refractivity contribution in [1.29, 1.82) is 0 Å². The first kappa shape index (κ1) is 17.7. The zero-order valence-corrected chi connectivity index (χ0v) is 14.9. The van der Waals surface area contributed by atoms with Crippen LogP contribution in [0, 0.1) is 11.8 Å². The van der Waals surface area contributed by atoms with Crippen molar-refractivity contribution in [2.45, 2.75) is 0 Å². The number of quaternary nitrogens is 1. The quantitative estimate of drug-likeness (QED) is 0.426. The Morgan fingerprint density at radius 1 is 1.09 bits per heavy atom. The topological polar surface area (TPSA) is 9.23 Å². The lowest BCUT2D eigenvalue weighted by molar-refractivity contribution is -0.923. The maximum absolute atomic E-state index is 5.50. The molecule has 0 bridgehead atoms. The molecule has 1 heterocycles. The van der Waals surface area contributed by atoms with Crippen molar-refractivity contribution >= 4 is 10.8 Å². The number of rotatable bonds is 3. The molecule has 0 radical (unpaired) electrons. The first-order valence-corrected chi connectivity index (χ1v) is 7.83. The smallest absolute Gasteiger partial charge is 0.141 e. The molecule has 0 aromatic heterocycles. The maximum atomic E-state index is 5.50. The van der Waals surface area contributed by atoms with Crippen LogP contribution in [0.3, 0.4) is 0 Å². The van der Waals surface area contributed by atoms with Crippen LogP contribution in [-0.2, 0) is 4.74 Å². The third-order valence-electron chi connectivity index (χ3n) is 4.36. The van der Waals surface area contributed by atoms with Gasteiger partial charge in [0.05, 0.1) is 19.8 Å². The summed E-state index contributed by atoms with van der Waals surface area (Å²) in [5.74, 6) is 6.79. The average molecular weight is 372 g/mol. The van der Waals surface area contributed by atoms with Crippen molar-refractivity contribution in [1.82, 2.24) is 0 Å². The summed E-state index contributed by atoms with van der Waals surface area (Å²) < 4.78 is 6.47. The highest BCUT2D eigenvalue weighted by atomic mass is 79.9. The monoisotopic (exact) mass is 371 g/mol. The predicted octanol–water partition coefficient (Wildman–Crippen LogP) is 0.228. The molecular weight excluding hydrogens is 350 g/mol. The van der Waals surface area contributed by atoms with Crippen LogP contribution in [0.5, 0.6) is 0 Å². The van der Waals surface area contributed by atoms with Gasteiger partial charge in [-0.05, 0) is 28.8 Å². The summed E-state index contributed by atoms with van der Waals surface area (Å²) in [7, 11) is 0. The second-order valence-corrected chi connectivity index (χ2v) is 5.86. The van der Waals surface area contributed by atoms with E-state index in [-0.39, 0.29) is 17.0 Å². The van der Waals surface area contributed by atoms with E-state index in [1.807, 2.05) is 6.08 Å². The highest BCUT2D eigenvalue weighted by Gasteiger charge is 2.27. The molecule has 1 fully saturated rings. The third-order valence-corrected chi connectivity index (χ3v) is 4.36. The number of morpholine rings is 1. The van der Waals surface area contributed by atoms with Crippen molar-refractivity contribution in [2.24, 2.45) is 0 Å². The normalized spacial score (nSPS) is 16.0. The molecule has 0 saturated carbocycles. The molecule has 0 spiro atoms. The van der Waals surface area contributed by atoms with Crippen LogP contribution in [0.15, 0.2) is 55.1 Å². The second-order valence-electron chi connectivity index (χ2n) is 5.86. The average Bonchev–Trinajstić information content (AvgIpc) is 2.56. The Hall–Kier alpha value is -1.60. The Kier molecular flexibility index (Phi) is 6.41. The molecule has 3 rings (SSSR count). The summed E-state index contributed by atoms with van der Waals surface area (Å²) in [4.78, 5) is 0. The van der Waals surface area contributed by atoms with Crippen molar-refractivity contribution in [2.75, 3.05) is 39.4 Å². The van der Waals surface area contributed by atoms with E-state index in [1.165, 1.54) is 10.8 Å². The number of halogens is 1. The Labute approximate surface area is 149 Å². The molecule has 0 amide bonds. The summed E-state index contributed by atoms with van der Waals surface area (Å²) in [6.45, 7) is 9.42. The van der Waals surface area contributed by atoms with E-state index in [2.05, 4.69) is 60.9 Å². The summed E-state index contributed by atoms with van der Waals surface area (Å²) in [6.07, 6.45) is 2.00. The Morgan fingerprint density at radius 3 is 2.61 bits per heavy atom. The fourth-order valence-electron chi connectivity index (χ4n) is 3.05. The van der Waals surface area contributed by atoms with Crippen LogP contribution in [-0.4, -0.2) is 43.9 Å². The lowest BCUT2D eigenvalue weighted by Gasteiger charge is -2.39. The van der Waals surface area contributed by atoms with Gasteiger partial charge in [0.15, 0.2) is 0 Å². The van der Waals surface area contributed by atoms with Crippen molar-refractivity contribution < 1.29 is 26.2 Å². The molecule has 23 heavy (non-hydrogen) atoms. The lowest BCUT2D eigenvalue weighted by atomic mass is 10.1. The van der Waals surface area contributed by atoms with E-state index >= 15 is 0 Å². The van der Waals surface area contributed by atoms with Gasteiger partial charge in [-0.1, -0.05) is 48.9 Å². The number of fused-ring (bicyclic) bond motifs is 1. The van der Waals surface area contributed by atoms with Gasteiger partial charge in [0, 0.05) is 5.56 Å². The first-order chi connectivity index (χ1) is 10.8. The molecule has 120 valence electrons. The number of nitrogens with zero attached hydrogens (tertiary/aromatic N) is 1. The van der Waals surface area contributed by atoms with E-state index in [9.17, 15) is 0 Å². The highest BCUT2D eigenvalue weighted by Crippen LogP contribution is 2.17. The summed E-state index contributed by atoms with van der Waals surface area (Å²) >= 11 is 0. The number of ether oxygens (including phenoxy) is 1. The zero-order valence-electron chi connectivity index (χ0n) is 13.3. The Morgan fingerprint density at radius 2 is 1.83 bits per heavy atom. The molecule has 2 aromatic carbocycles. The van der Waals surface area contributed by atoms with Crippen LogP contribution >= 0.6 is 0 Å². The predicted molar refractivity (Wildman–Crippen MR) is 91.6 cm³/mol.